The van der Waals surface area contributed by atoms with E-state index in [1.807, 2.05) is 4.90 Å². The molecule has 2 heterocycles. The Kier molecular flexibility index (Phi) is 3.75. The number of nitrogens with zero attached hydrogens (tertiary/aromatic N) is 3. The molecule has 2 aromatic rings. The summed E-state index contributed by atoms with van der Waals surface area (Å²) in [6.45, 7) is 2.84. The van der Waals surface area contributed by atoms with Crippen LogP contribution in [0.25, 0.3) is 0 Å². The average Bonchev–Trinajstić information content (AvgIpc) is 2.97. The van der Waals surface area contributed by atoms with Crippen molar-refractivity contribution in [1.82, 2.24) is 9.97 Å². The van der Waals surface area contributed by atoms with Crippen molar-refractivity contribution >= 4 is 5.95 Å². The first kappa shape index (κ1) is 14.4. The minimum absolute atomic E-state index is 0.102. The number of benzene rings is 1. The molecule has 6 nitrogen and oxygen atoms in total. The summed E-state index contributed by atoms with van der Waals surface area (Å²) >= 11 is 0. The van der Waals surface area contributed by atoms with Crippen LogP contribution in [0.3, 0.4) is 0 Å². The summed E-state index contributed by atoms with van der Waals surface area (Å²) in [5, 5.41) is 19.7. The summed E-state index contributed by atoms with van der Waals surface area (Å²) in [6, 6.07) is 8.50. The molecule has 22 heavy (non-hydrogen) atoms. The lowest BCUT2D eigenvalue weighted by atomic mass is 10.0. The first-order valence-corrected chi connectivity index (χ1v) is 7.27. The molecule has 116 valence electrons. The van der Waals surface area contributed by atoms with Crippen molar-refractivity contribution in [3.8, 4) is 17.5 Å². The zero-order chi connectivity index (χ0) is 15.7. The minimum Gasteiger partial charge on any atom is -0.490 e. The summed E-state index contributed by atoms with van der Waals surface area (Å²) in [5.41, 5.74) is 2.39. The molecule has 1 aromatic carbocycles. The molecule has 6 heteroatoms. The average molecular weight is 301 g/mol. The Morgan fingerprint density at radius 1 is 1.14 bits per heavy atom. The van der Waals surface area contributed by atoms with E-state index in [1.54, 1.807) is 0 Å². The summed E-state index contributed by atoms with van der Waals surface area (Å²) in [4.78, 5) is 10.1. The molecule has 0 spiro atoms. The maximum absolute atomic E-state index is 9.86. The lowest BCUT2D eigenvalue weighted by molar-refractivity contribution is 0.327. The van der Waals surface area contributed by atoms with Gasteiger partial charge in [0.1, 0.15) is 0 Å². The Bertz CT molecular complexity index is 650. The lowest BCUT2D eigenvalue weighted by Gasteiger charge is -2.25. The van der Waals surface area contributed by atoms with Crippen molar-refractivity contribution in [2.75, 3.05) is 18.6 Å². The molecule has 1 fully saturated rings. The van der Waals surface area contributed by atoms with Gasteiger partial charge in [-0.2, -0.15) is 9.97 Å². The fourth-order valence-corrected chi connectivity index (χ4v) is 2.87. The number of aryl methyl sites for hydroxylation is 1. The number of hydrogen-bond donors (Lipinski definition) is 2. The third kappa shape index (κ3) is 2.52. The second-order valence-corrected chi connectivity index (χ2v) is 5.47. The Hall–Kier alpha value is -2.50. The van der Waals surface area contributed by atoms with Crippen molar-refractivity contribution in [3.05, 3.63) is 35.4 Å². The SMILES string of the molecule is COc1c(O)nc(N2CCCC2c2ccc(C)cc2)nc1O. The smallest absolute Gasteiger partial charge is 0.263 e. The second kappa shape index (κ2) is 5.71. The highest BCUT2D eigenvalue weighted by molar-refractivity contribution is 5.49. The van der Waals surface area contributed by atoms with Gasteiger partial charge in [-0.1, -0.05) is 29.8 Å². The van der Waals surface area contributed by atoms with Crippen molar-refractivity contribution in [1.29, 1.82) is 0 Å². The maximum atomic E-state index is 9.86. The van der Waals surface area contributed by atoms with E-state index < -0.39 is 0 Å². The van der Waals surface area contributed by atoms with Gasteiger partial charge in [-0.3, -0.25) is 0 Å². The predicted octanol–water partition coefficient (Wildman–Crippen LogP) is 2.55. The molecule has 1 atom stereocenters. The standard InChI is InChI=1S/C16H19N3O3/c1-10-5-7-11(8-6-10)12-4-3-9-19(12)16-17-14(20)13(22-2)15(21)18-16/h5-8,12H,3-4,9H2,1-2H3,(H2,17,18,20,21). The third-order valence-electron chi connectivity index (χ3n) is 3.99. The highest BCUT2D eigenvalue weighted by atomic mass is 16.5. The molecule has 0 bridgehead atoms. The lowest BCUT2D eigenvalue weighted by Crippen LogP contribution is -2.24. The normalized spacial score (nSPS) is 17.7. The number of aromatic nitrogens is 2. The second-order valence-electron chi connectivity index (χ2n) is 5.47. The van der Waals surface area contributed by atoms with E-state index in [1.165, 1.54) is 18.2 Å². The molecular weight excluding hydrogens is 282 g/mol. The van der Waals surface area contributed by atoms with Crippen LogP contribution in [0.2, 0.25) is 0 Å². The largest absolute Gasteiger partial charge is 0.490 e. The fraction of sp³-hybridized carbons (Fsp3) is 0.375. The van der Waals surface area contributed by atoms with E-state index in [0.29, 0.717) is 5.95 Å². The summed E-state index contributed by atoms with van der Waals surface area (Å²) in [6.07, 6.45) is 2.00. The van der Waals surface area contributed by atoms with Crippen LogP contribution in [0.4, 0.5) is 5.95 Å². The summed E-state index contributed by atoms with van der Waals surface area (Å²) in [7, 11) is 1.35. The van der Waals surface area contributed by atoms with Gasteiger partial charge in [0.15, 0.2) is 0 Å². The number of aromatic hydroxyl groups is 2. The molecule has 0 amide bonds. The quantitative estimate of drug-likeness (QED) is 0.907. The van der Waals surface area contributed by atoms with Gasteiger partial charge in [0, 0.05) is 6.54 Å². The van der Waals surface area contributed by atoms with Crippen LogP contribution in [-0.2, 0) is 0 Å². The molecule has 0 saturated carbocycles. The van der Waals surface area contributed by atoms with Gasteiger partial charge in [-0.25, -0.2) is 0 Å². The molecule has 1 aliphatic heterocycles. The van der Waals surface area contributed by atoms with Gasteiger partial charge in [0.2, 0.25) is 11.7 Å². The van der Waals surface area contributed by atoms with E-state index in [0.717, 1.165) is 19.4 Å². The number of ether oxygens (including phenoxy) is 1. The van der Waals surface area contributed by atoms with Crippen LogP contribution in [0.5, 0.6) is 17.5 Å². The van der Waals surface area contributed by atoms with Crippen LogP contribution >= 0.6 is 0 Å². The number of anilines is 1. The van der Waals surface area contributed by atoms with E-state index in [9.17, 15) is 10.2 Å². The van der Waals surface area contributed by atoms with Gasteiger partial charge in [-0.15, -0.1) is 0 Å². The van der Waals surface area contributed by atoms with Gasteiger partial charge >= 0.3 is 0 Å². The molecule has 1 saturated heterocycles. The van der Waals surface area contributed by atoms with Crippen LogP contribution < -0.4 is 9.64 Å². The van der Waals surface area contributed by atoms with Gasteiger partial charge in [-0.05, 0) is 25.3 Å². The topological polar surface area (TPSA) is 78.7 Å². The third-order valence-corrected chi connectivity index (χ3v) is 3.99. The Morgan fingerprint density at radius 2 is 1.77 bits per heavy atom. The fourth-order valence-electron chi connectivity index (χ4n) is 2.87. The Balaban J connectivity index is 1.95. The number of methoxy groups -OCH3 is 1. The molecule has 1 unspecified atom stereocenters. The molecule has 1 aliphatic rings. The van der Waals surface area contributed by atoms with Gasteiger partial charge in [0.05, 0.1) is 13.2 Å². The first-order valence-electron chi connectivity index (χ1n) is 7.27. The van der Waals surface area contributed by atoms with E-state index in [4.69, 9.17) is 4.74 Å². The molecule has 0 radical (unpaired) electrons. The van der Waals surface area contributed by atoms with Gasteiger partial charge < -0.3 is 19.8 Å². The van der Waals surface area contributed by atoms with Crippen LogP contribution in [0.15, 0.2) is 24.3 Å². The maximum Gasteiger partial charge on any atom is 0.263 e. The zero-order valence-corrected chi connectivity index (χ0v) is 12.7. The van der Waals surface area contributed by atoms with Crippen LogP contribution in [-0.4, -0.2) is 33.8 Å². The monoisotopic (exact) mass is 301 g/mol. The molecule has 3 rings (SSSR count). The predicted molar refractivity (Wildman–Crippen MR) is 82.4 cm³/mol. The minimum atomic E-state index is -0.348. The van der Waals surface area contributed by atoms with Crippen molar-refractivity contribution < 1.29 is 14.9 Å². The van der Waals surface area contributed by atoms with E-state index >= 15 is 0 Å². The molecule has 2 N–H and O–H groups in total. The highest BCUT2D eigenvalue weighted by Gasteiger charge is 2.29. The number of rotatable bonds is 3. The summed E-state index contributed by atoms with van der Waals surface area (Å²) in [5.74, 6) is -0.479. The first-order chi connectivity index (χ1) is 10.6. The van der Waals surface area contributed by atoms with Gasteiger partial charge in [0.25, 0.3) is 11.8 Å². The summed E-state index contributed by atoms with van der Waals surface area (Å²) < 4.78 is 4.87. The number of hydrogen-bond acceptors (Lipinski definition) is 6. The van der Waals surface area contributed by atoms with Crippen LogP contribution in [0.1, 0.15) is 30.0 Å². The Labute approximate surface area is 129 Å². The van der Waals surface area contributed by atoms with E-state index in [-0.39, 0.29) is 23.6 Å². The van der Waals surface area contributed by atoms with Crippen molar-refractivity contribution in [3.63, 3.8) is 0 Å². The Morgan fingerprint density at radius 3 is 2.36 bits per heavy atom. The molecule has 1 aromatic heterocycles. The molecule has 0 aliphatic carbocycles. The molecular formula is C16H19N3O3. The van der Waals surface area contributed by atoms with Crippen molar-refractivity contribution in [2.24, 2.45) is 0 Å². The van der Waals surface area contributed by atoms with E-state index in [2.05, 4.69) is 41.2 Å². The van der Waals surface area contributed by atoms with Crippen molar-refractivity contribution in [2.45, 2.75) is 25.8 Å². The highest BCUT2D eigenvalue weighted by Crippen LogP contribution is 2.39. The zero-order valence-electron chi connectivity index (χ0n) is 12.7. The van der Waals surface area contributed by atoms with Crippen LogP contribution in [0, 0.1) is 6.92 Å².